The van der Waals surface area contributed by atoms with E-state index in [0.29, 0.717) is 25.8 Å². The second-order valence-electron chi connectivity index (χ2n) is 22.3. The van der Waals surface area contributed by atoms with Gasteiger partial charge in [-0.15, -0.1) is 6.42 Å². The standard InChI is InChI=1S/C59H104N4O32/c1-2-43(68)60-10-5-3-4-6-39(67)32-59(36-87-14-7-44(69)61-11-17-81-20-23-84-26-29-90-56-53(78)50(75)47(72)40(33-64)93-56,37-88-15-8-45(70)62-12-18-82-21-24-85-27-30-91-57-54(79)51(76)48(73)41(34-65)94-57)38-89-16-9-46(71)63-13-19-83-22-25-86-28-31-92-58-55(80)52(77)49(74)42(35-66)95-58/h1,40-42,47-58,64-66,72-80H,3-38H2,(H,60,68)(H,61,69)(H,62,70)(H,63,71)/t40?,41?,42?,47-,48-,49-,50+,51+,52+,53?,54?,55?,56+,57+,58+,59?/m1/s1. The summed E-state index contributed by atoms with van der Waals surface area (Å²) in [5, 5.41) is 129. The van der Waals surface area contributed by atoms with Crippen molar-refractivity contribution in [1.82, 2.24) is 21.3 Å². The van der Waals surface area contributed by atoms with Gasteiger partial charge in [0.25, 0.3) is 5.91 Å². The maximum Gasteiger partial charge on any atom is 0.295 e. The Balaban J connectivity index is 1.47. The lowest BCUT2D eigenvalue weighted by molar-refractivity contribution is -0.302. The van der Waals surface area contributed by atoms with Crippen LogP contribution >= 0.6 is 0 Å². The summed E-state index contributed by atoms with van der Waals surface area (Å²) >= 11 is 0. The quantitative estimate of drug-likeness (QED) is 0.0199. The van der Waals surface area contributed by atoms with Gasteiger partial charge in [-0.3, -0.25) is 24.0 Å². The van der Waals surface area contributed by atoms with Gasteiger partial charge in [-0.2, -0.15) is 0 Å². The van der Waals surface area contributed by atoms with Gasteiger partial charge in [0.15, 0.2) is 18.9 Å². The molecule has 3 rings (SSSR count). The zero-order valence-corrected chi connectivity index (χ0v) is 53.7. The first-order chi connectivity index (χ1) is 45.8. The molecule has 0 aromatic carbocycles. The molecular weight excluding hydrogens is 1280 g/mol. The Morgan fingerprint density at radius 2 is 0.674 bits per heavy atom. The highest BCUT2D eigenvalue weighted by Crippen LogP contribution is 2.28. The minimum Gasteiger partial charge on any atom is -0.394 e. The molecule has 6 unspecified atom stereocenters. The number of carbonyl (C=O) groups excluding carboxylic acids is 5. The van der Waals surface area contributed by atoms with Crippen LogP contribution in [0.5, 0.6) is 0 Å². The van der Waals surface area contributed by atoms with Gasteiger partial charge in [-0.25, -0.2) is 0 Å². The number of ether oxygens (including phenoxy) is 15. The number of aliphatic hydroxyl groups is 12. The van der Waals surface area contributed by atoms with Crippen LogP contribution in [0.2, 0.25) is 0 Å². The van der Waals surface area contributed by atoms with Crippen molar-refractivity contribution in [3.8, 4) is 12.3 Å². The second-order valence-corrected chi connectivity index (χ2v) is 22.3. The van der Waals surface area contributed by atoms with Gasteiger partial charge in [0, 0.05) is 63.7 Å². The van der Waals surface area contributed by atoms with E-state index in [1.807, 2.05) is 5.92 Å². The third kappa shape index (κ3) is 35.1. The number of aliphatic hydroxyl groups excluding tert-OH is 12. The predicted octanol–water partition coefficient (Wildman–Crippen LogP) is -8.64. The van der Waals surface area contributed by atoms with Crippen LogP contribution in [0, 0.1) is 17.8 Å². The van der Waals surface area contributed by atoms with E-state index < -0.39 is 123 Å². The van der Waals surface area contributed by atoms with E-state index in [0.717, 1.165) is 0 Å². The first-order valence-corrected chi connectivity index (χ1v) is 31.8. The fourth-order valence-corrected chi connectivity index (χ4v) is 9.33. The largest absolute Gasteiger partial charge is 0.394 e. The van der Waals surface area contributed by atoms with Gasteiger partial charge < -0.3 is 154 Å². The molecular formula is C59H104N4O32. The molecule has 36 heteroatoms. The molecule has 0 spiro atoms. The zero-order chi connectivity index (χ0) is 69.6. The summed E-state index contributed by atoms with van der Waals surface area (Å²) in [5.74, 6) is 0.154. The summed E-state index contributed by atoms with van der Waals surface area (Å²) in [4.78, 5) is 63.7. The van der Waals surface area contributed by atoms with Gasteiger partial charge in [0.05, 0.1) is 159 Å². The summed E-state index contributed by atoms with van der Waals surface area (Å²) in [5.41, 5.74) is -1.17. The number of hydrogen-bond donors (Lipinski definition) is 16. The fraction of sp³-hybridized carbons (Fsp3) is 0.881. The Hall–Kier alpha value is -3.97. The number of Topliss-reactive ketones (excluding diaryl/α,β-unsaturated/α-hetero) is 1. The molecule has 0 aromatic rings. The lowest BCUT2D eigenvalue weighted by atomic mass is 9.84. The molecule has 15 atom stereocenters. The predicted molar refractivity (Wildman–Crippen MR) is 322 cm³/mol. The molecule has 95 heavy (non-hydrogen) atoms. The van der Waals surface area contributed by atoms with Crippen molar-refractivity contribution in [3.63, 3.8) is 0 Å². The van der Waals surface area contributed by atoms with E-state index >= 15 is 0 Å². The first-order valence-electron chi connectivity index (χ1n) is 31.8. The molecule has 36 nitrogen and oxygen atoms in total. The van der Waals surface area contributed by atoms with Crippen molar-refractivity contribution in [1.29, 1.82) is 0 Å². The van der Waals surface area contributed by atoms with Crippen LogP contribution in [-0.4, -0.2) is 368 Å². The molecule has 4 amide bonds. The van der Waals surface area contributed by atoms with E-state index in [4.69, 9.17) is 77.5 Å². The number of carbonyl (C=O) groups is 5. The van der Waals surface area contributed by atoms with Gasteiger partial charge in [0.1, 0.15) is 79.0 Å². The molecule has 16 N–H and O–H groups in total. The summed E-state index contributed by atoms with van der Waals surface area (Å²) < 4.78 is 83.0. The highest BCUT2D eigenvalue weighted by atomic mass is 16.7. The number of hydrogen-bond acceptors (Lipinski definition) is 32. The highest BCUT2D eigenvalue weighted by Gasteiger charge is 2.46. The minimum absolute atomic E-state index is 0.0427. The van der Waals surface area contributed by atoms with Crippen molar-refractivity contribution < 1.29 is 156 Å². The number of nitrogens with one attached hydrogen (secondary N) is 4. The number of unbranched alkanes of at least 4 members (excludes halogenated alkanes) is 2. The van der Waals surface area contributed by atoms with Crippen LogP contribution in [0.25, 0.3) is 0 Å². The van der Waals surface area contributed by atoms with Crippen LogP contribution in [0.1, 0.15) is 51.4 Å². The van der Waals surface area contributed by atoms with Crippen molar-refractivity contribution in [2.75, 3.05) is 185 Å². The van der Waals surface area contributed by atoms with E-state index in [1.165, 1.54) is 0 Å². The second kappa shape index (κ2) is 51.2. The fourth-order valence-electron chi connectivity index (χ4n) is 9.33. The van der Waals surface area contributed by atoms with Gasteiger partial charge >= 0.3 is 0 Å². The third-order valence-corrected chi connectivity index (χ3v) is 14.7. The summed E-state index contributed by atoms with van der Waals surface area (Å²) in [7, 11) is 0. The minimum atomic E-state index is -1.57. The molecule has 3 heterocycles. The molecule has 0 radical (unpaired) electrons. The molecule has 3 aliphatic rings. The topological polar surface area (TPSA) is 515 Å². The van der Waals surface area contributed by atoms with Crippen LogP contribution in [0.15, 0.2) is 0 Å². The van der Waals surface area contributed by atoms with Gasteiger partial charge in [-0.05, 0) is 18.8 Å². The normalized spacial score (nSPS) is 26.7. The summed E-state index contributed by atoms with van der Waals surface area (Å²) in [6, 6.07) is 0. The van der Waals surface area contributed by atoms with Crippen LogP contribution < -0.4 is 21.3 Å². The monoisotopic (exact) mass is 1380 g/mol. The Morgan fingerprint density at radius 1 is 0.358 bits per heavy atom. The summed E-state index contributed by atoms with van der Waals surface area (Å²) in [6.45, 7) is -0.272. The number of terminal acetylenes is 1. The van der Waals surface area contributed by atoms with E-state index in [-0.39, 0.29) is 214 Å². The van der Waals surface area contributed by atoms with Crippen LogP contribution in [0.3, 0.4) is 0 Å². The molecule has 0 aliphatic carbocycles. The number of amides is 4. The SMILES string of the molecule is C#CC(=O)NCCCCCC(=O)CC(COCCC(=O)NCCOCCOCCO[C@H]1OC(CO)[C@@H](O)[C@H](O)C1O)(COCCC(=O)NCCOCCOCCO[C@H]1OC(CO)[C@@H](O)[C@H](O)C1O)COCCC(=O)NCCOCCOCCO[C@H]1OC(CO)[C@@H](O)[C@H](O)C1O. The van der Waals surface area contributed by atoms with Crippen LogP contribution in [0.4, 0.5) is 0 Å². The maximum atomic E-state index is 13.7. The van der Waals surface area contributed by atoms with E-state index in [1.54, 1.807) is 0 Å². The van der Waals surface area contributed by atoms with Crippen LogP contribution in [-0.2, 0) is 95.0 Å². The Morgan fingerprint density at radius 3 is 0.989 bits per heavy atom. The Bertz CT molecular complexity index is 1920. The lowest BCUT2D eigenvalue weighted by Gasteiger charge is -2.39. The maximum absolute atomic E-state index is 13.7. The summed E-state index contributed by atoms with van der Waals surface area (Å²) in [6.07, 6.45) is -14.5. The molecule has 552 valence electrons. The average Bonchev–Trinajstić information content (AvgIpc) is 0.859. The van der Waals surface area contributed by atoms with Crippen molar-refractivity contribution in [3.05, 3.63) is 0 Å². The third-order valence-electron chi connectivity index (χ3n) is 14.7. The lowest BCUT2D eigenvalue weighted by Crippen LogP contribution is -2.59. The van der Waals surface area contributed by atoms with Crippen molar-refractivity contribution in [2.24, 2.45) is 5.41 Å². The van der Waals surface area contributed by atoms with E-state index in [9.17, 15) is 85.3 Å². The van der Waals surface area contributed by atoms with Gasteiger partial charge in [0.2, 0.25) is 17.7 Å². The zero-order valence-electron chi connectivity index (χ0n) is 53.7. The molecule has 0 bridgehead atoms. The molecule has 0 aromatic heterocycles. The number of ketones is 1. The van der Waals surface area contributed by atoms with E-state index in [2.05, 4.69) is 21.3 Å². The molecule has 0 saturated carbocycles. The first kappa shape index (κ1) is 85.3. The molecule has 3 aliphatic heterocycles. The highest BCUT2D eigenvalue weighted by molar-refractivity contribution is 5.92. The van der Waals surface area contributed by atoms with Crippen molar-refractivity contribution >= 4 is 29.4 Å². The average molecular weight is 1380 g/mol. The van der Waals surface area contributed by atoms with Crippen molar-refractivity contribution in [2.45, 2.75) is 143 Å². The molecule has 3 fully saturated rings. The Labute approximate surface area is 551 Å². The smallest absolute Gasteiger partial charge is 0.295 e. The number of rotatable bonds is 56. The molecule has 3 saturated heterocycles. The Kier molecular flexibility index (Phi) is 46.0. The van der Waals surface area contributed by atoms with Gasteiger partial charge in [-0.1, -0.05) is 6.42 Å².